The number of nitrogens with zero attached hydrogens (tertiary/aromatic N) is 5. The molecular formula is C60H49N5. The average molecular weight is 840 g/mol. The maximum absolute atomic E-state index is 5.35. The molecule has 314 valence electrons. The molecule has 3 aromatic heterocycles. The molecule has 0 fully saturated rings. The molecule has 65 heavy (non-hydrogen) atoms. The number of fused-ring (bicyclic) bond motifs is 7. The molecule has 1 aliphatic carbocycles. The molecule has 0 spiro atoms. The zero-order valence-corrected chi connectivity index (χ0v) is 37.4. The van der Waals surface area contributed by atoms with Crippen molar-refractivity contribution in [2.45, 2.75) is 51.9 Å². The molecule has 0 radical (unpaired) electrons. The molecule has 1 atom stereocenters. The third-order valence-corrected chi connectivity index (χ3v) is 14.4. The first kappa shape index (κ1) is 39.0. The highest BCUT2D eigenvalue weighted by Crippen LogP contribution is 2.52. The van der Waals surface area contributed by atoms with Gasteiger partial charge in [-0.3, -0.25) is 4.57 Å². The van der Waals surface area contributed by atoms with Crippen LogP contribution in [-0.2, 0) is 10.8 Å². The van der Waals surface area contributed by atoms with E-state index < -0.39 is 0 Å². The Hall–Kier alpha value is -7.63. The Balaban J connectivity index is 1.10. The van der Waals surface area contributed by atoms with Crippen molar-refractivity contribution in [3.05, 3.63) is 199 Å². The minimum absolute atomic E-state index is 0.0443. The van der Waals surface area contributed by atoms with E-state index in [-0.39, 0.29) is 10.8 Å². The van der Waals surface area contributed by atoms with E-state index in [9.17, 15) is 0 Å². The van der Waals surface area contributed by atoms with Crippen LogP contribution in [0, 0.1) is 5.92 Å². The SMILES string of the molecule is CC1CC(C)(C)c2c(-c3cccc(-n4c5ccccc5c5cc6c7ccccc7n(-c7nc(-c8ccccc8)nc(-c8cccc(-c9ccccc9)c8)n7)c6cc54)c3)cccc2C1(C)C. The number of hydrogen-bond acceptors (Lipinski definition) is 3. The highest BCUT2D eigenvalue weighted by Gasteiger charge is 2.43. The van der Waals surface area contributed by atoms with Crippen LogP contribution < -0.4 is 0 Å². The minimum atomic E-state index is 0.0443. The van der Waals surface area contributed by atoms with Crippen molar-refractivity contribution in [2.75, 3.05) is 0 Å². The van der Waals surface area contributed by atoms with Crippen molar-refractivity contribution in [1.82, 2.24) is 24.1 Å². The first-order chi connectivity index (χ1) is 31.6. The number of aromatic nitrogens is 5. The number of benzene rings is 8. The molecule has 12 rings (SSSR count). The summed E-state index contributed by atoms with van der Waals surface area (Å²) in [5.74, 6) is 2.39. The van der Waals surface area contributed by atoms with Crippen molar-refractivity contribution in [1.29, 1.82) is 0 Å². The van der Waals surface area contributed by atoms with E-state index in [4.69, 9.17) is 15.0 Å². The van der Waals surface area contributed by atoms with Gasteiger partial charge in [0.2, 0.25) is 5.95 Å². The van der Waals surface area contributed by atoms with Gasteiger partial charge in [-0.25, -0.2) is 4.98 Å². The molecule has 0 bridgehead atoms. The zero-order chi connectivity index (χ0) is 44.0. The van der Waals surface area contributed by atoms with E-state index in [0.29, 0.717) is 23.5 Å². The van der Waals surface area contributed by atoms with Gasteiger partial charge in [0.15, 0.2) is 11.6 Å². The van der Waals surface area contributed by atoms with Crippen LogP contribution in [0.3, 0.4) is 0 Å². The van der Waals surface area contributed by atoms with Gasteiger partial charge in [-0.2, -0.15) is 9.97 Å². The van der Waals surface area contributed by atoms with Crippen LogP contribution in [0.15, 0.2) is 188 Å². The third kappa shape index (κ3) is 6.24. The molecule has 0 amide bonds. The lowest BCUT2D eigenvalue weighted by Gasteiger charge is -2.47. The Morgan fingerprint density at radius 3 is 1.71 bits per heavy atom. The fourth-order valence-electron chi connectivity index (χ4n) is 11.0. The Bertz CT molecular complexity index is 3650. The Labute approximate surface area is 379 Å². The molecule has 0 N–H and O–H groups in total. The van der Waals surface area contributed by atoms with Gasteiger partial charge >= 0.3 is 0 Å². The van der Waals surface area contributed by atoms with E-state index in [1.807, 2.05) is 24.3 Å². The van der Waals surface area contributed by atoms with Crippen LogP contribution >= 0.6 is 0 Å². The lowest BCUT2D eigenvalue weighted by Crippen LogP contribution is -2.40. The Kier molecular flexibility index (Phi) is 8.83. The lowest BCUT2D eigenvalue weighted by molar-refractivity contribution is 0.234. The second kappa shape index (κ2) is 14.7. The summed E-state index contributed by atoms with van der Waals surface area (Å²) < 4.78 is 4.69. The van der Waals surface area contributed by atoms with Crippen LogP contribution in [0.1, 0.15) is 52.2 Å². The standard InChI is InChI=1S/C60H49N5/c1-38-37-59(2,3)55-45(29-18-30-50(55)60(38,4)5)42-24-17-26-44(34-42)64-51-31-14-12-27-46(51)48-35-49-47-28-13-15-32-52(47)65(54(49)36-53(48)64)58-62-56(40-21-10-7-11-22-40)61-57(63-58)43-25-16-23-41(33-43)39-19-8-6-9-20-39/h6-36,38H,37H2,1-5H3. The average Bonchev–Trinajstić information content (AvgIpc) is 3.85. The summed E-state index contributed by atoms with van der Waals surface area (Å²) in [6.45, 7) is 12.1. The van der Waals surface area contributed by atoms with Gasteiger partial charge in [0.25, 0.3) is 0 Å². The van der Waals surface area contributed by atoms with Gasteiger partial charge in [0.05, 0.1) is 22.1 Å². The Morgan fingerprint density at radius 2 is 0.985 bits per heavy atom. The summed E-state index contributed by atoms with van der Waals surface area (Å²) in [4.78, 5) is 15.8. The van der Waals surface area contributed by atoms with Crippen molar-refractivity contribution < 1.29 is 0 Å². The van der Waals surface area contributed by atoms with E-state index in [2.05, 4.69) is 208 Å². The van der Waals surface area contributed by atoms with Crippen molar-refractivity contribution in [2.24, 2.45) is 5.92 Å². The molecule has 0 aliphatic heterocycles. The minimum Gasteiger partial charge on any atom is -0.309 e. The number of rotatable bonds is 6. The summed E-state index contributed by atoms with van der Waals surface area (Å²) >= 11 is 0. The Morgan fingerprint density at radius 1 is 0.431 bits per heavy atom. The van der Waals surface area contributed by atoms with Crippen molar-refractivity contribution >= 4 is 43.6 Å². The van der Waals surface area contributed by atoms with Crippen molar-refractivity contribution in [3.63, 3.8) is 0 Å². The number of para-hydroxylation sites is 2. The maximum atomic E-state index is 5.35. The van der Waals surface area contributed by atoms with Crippen LogP contribution in [0.4, 0.5) is 0 Å². The molecule has 8 aromatic carbocycles. The topological polar surface area (TPSA) is 48.5 Å². The maximum Gasteiger partial charge on any atom is 0.238 e. The summed E-state index contributed by atoms with van der Waals surface area (Å²) in [5.41, 5.74) is 15.2. The largest absolute Gasteiger partial charge is 0.309 e. The smallest absolute Gasteiger partial charge is 0.238 e. The van der Waals surface area contributed by atoms with E-state index in [1.165, 1.54) is 38.5 Å². The fraction of sp³-hybridized carbons (Fsp3) is 0.150. The lowest BCUT2D eigenvalue weighted by atomic mass is 9.57. The molecular weight excluding hydrogens is 791 g/mol. The molecule has 11 aromatic rings. The molecule has 3 heterocycles. The van der Waals surface area contributed by atoms with E-state index in [0.717, 1.165) is 61.7 Å². The molecule has 1 unspecified atom stereocenters. The van der Waals surface area contributed by atoms with Gasteiger partial charge in [-0.05, 0) is 99.0 Å². The first-order valence-electron chi connectivity index (χ1n) is 22.8. The van der Waals surface area contributed by atoms with E-state index in [1.54, 1.807) is 0 Å². The molecule has 1 aliphatic rings. The summed E-state index contributed by atoms with van der Waals surface area (Å²) in [6.07, 6.45) is 1.15. The van der Waals surface area contributed by atoms with Gasteiger partial charge in [-0.15, -0.1) is 0 Å². The predicted molar refractivity (Wildman–Crippen MR) is 270 cm³/mol. The monoisotopic (exact) mass is 839 g/mol. The van der Waals surface area contributed by atoms with Crippen molar-refractivity contribution in [3.8, 4) is 56.7 Å². The summed E-state index contributed by atoms with van der Waals surface area (Å²) in [6, 6.07) is 67.6. The molecule has 5 nitrogen and oxygen atoms in total. The molecule has 5 heteroatoms. The second-order valence-electron chi connectivity index (χ2n) is 19.2. The fourth-order valence-corrected chi connectivity index (χ4v) is 11.0. The first-order valence-corrected chi connectivity index (χ1v) is 22.8. The van der Waals surface area contributed by atoms with Gasteiger partial charge in [-0.1, -0.05) is 180 Å². The predicted octanol–water partition coefficient (Wildman–Crippen LogP) is 15.3. The third-order valence-electron chi connectivity index (χ3n) is 14.4. The summed E-state index contributed by atoms with van der Waals surface area (Å²) in [7, 11) is 0. The van der Waals surface area contributed by atoms with Gasteiger partial charge in [0, 0.05) is 38.4 Å². The highest BCUT2D eigenvalue weighted by molar-refractivity contribution is 6.19. The van der Waals surface area contributed by atoms with Crippen LogP contribution in [-0.4, -0.2) is 24.1 Å². The molecule has 0 saturated heterocycles. The zero-order valence-electron chi connectivity index (χ0n) is 37.4. The quantitative estimate of drug-likeness (QED) is 0.168. The van der Waals surface area contributed by atoms with Crippen LogP contribution in [0.5, 0.6) is 0 Å². The van der Waals surface area contributed by atoms with Crippen LogP contribution in [0.2, 0.25) is 0 Å². The normalized spacial score (nSPS) is 15.5. The van der Waals surface area contributed by atoms with E-state index >= 15 is 0 Å². The van der Waals surface area contributed by atoms with Crippen LogP contribution in [0.25, 0.3) is 100 Å². The molecule has 0 saturated carbocycles. The second-order valence-corrected chi connectivity index (χ2v) is 19.2. The summed E-state index contributed by atoms with van der Waals surface area (Å²) in [5, 5.41) is 4.71. The van der Waals surface area contributed by atoms with Gasteiger partial charge < -0.3 is 4.57 Å². The number of hydrogen-bond donors (Lipinski definition) is 0. The highest BCUT2D eigenvalue weighted by atomic mass is 15.2. The van der Waals surface area contributed by atoms with Gasteiger partial charge in [0.1, 0.15) is 0 Å².